The van der Waals surface area contributed by atoms with Crippen LogP contribution in [-0.4, -0.2) is 11.7 Å². The Morgan fingerprint density at radius 1 is 0.842 bits per heavy atom. The van der Waals surface area contributed by atoms with Crippen LogP contribution in [0.4, 0.5) is 0 Å². The Morgan fingerprint density at radius 2 is 1.32 bits per heavy atom. The van der Waals surface area contributed by atoms with Gasteiger partial charge in [-0.15, -0.1) is 0 Å². The van der Waals surface area contributed by atoms with E-state index >= 15 is 0 Å². The van der Waals surface area contributed by atoms with Crippen LogP contribution in [0, 0.1) is 6.92 Å². The van der Waals surface area contributed by atoms with Crippen molar-refractivity contribution in [2.45, 2.75) is 64.8 Å². The van der Waals surface area contributed by atoms with Crippen LogP contribution < -0.4 is 21.5 Å². The van der Waals surface area contributed by atoms with Crippen LogP contribution in [0.2, 0.25) is 0 Å². The number of rotatable bonds is 10. The summed E-state index contributed by atoms with van der Waals surface area (Å²) in [5, 5.41) is 8.66. The Kier molecular flexibility index (Phi) is 12.3. The molecule has 0 aliphatic carbocycles. The maximum atomic E-state index is 8.66. The number of hydrogen-bond acceptors (Lipinski definition) is 1. The van der Waals surface area contributed by atoms with Crippen LogP contribution in [0.1, 0.15) is 56.9 Å². The summed E-state index contributed by atoms with van der Waals surface area (Å²) in [5.41, 5.74) is 1.33. The summed E-state index contributed by atoms with van der Waals surface area (Å²) in [6.07, 6.45) is 14.4. The number of aliphatic hydroxyl groups excluding tert-OH is 1. The summed E-state index contributed by atoms with van der Waals surface area (Å²) in [6, 6.07) is 4.34. The van der Waals surface area contributed by atoms with Gasteiger partial charge in [-0.1, -0.05) is 32.1 Å². The van der Waals surface area contributed by atoms with Crippen molar-refractivity contribution in [1.29, 1.82) is 0 Å². The second kappa shape index (κ2) is 12.6. The van der Waals surface area contributed by atoms with Gasteiger partial charge in [0, 0.05) is 25.2 Å². The number of aryl methyl sites for hydroxylation is 2. The topological polar surface area (TPSA) is 24.1 Å². The fourth-order valence-electron chi connectivity index (χ4n) is 2.15. The number of aromatic nitrogens is 1. The number of nitrogens with zero attached hydrogens (tertiary/aromatic N) is 1. The highest BCUT2D eigenvalue weighted by Crippen LogP contribution is 2.08. The van der Waals surface area contributed by atoms with Gasteiger partial charge in [0.25, 0.3) is 0 Å². The molecular formula is C16H28BrNO. The minimum absolute atomic E-state index is 0. The molecule has 19 heavy (non-hydrogen) atoms. The second-order valence-electron chi connectivity index (χ2n) is 5.17. The molecule has 1 N–H and O–H groups in total. The van der Waals surface area contributed by atoms with Crippen LogP contribution in [0.15, 0.2) is 24.5 Å². The summed E-state index contributed by atoms with van der Waals surface area (Å²) >= 11 is 0. The Labute approximate surface area is 128 Å². The molecule has 0 aliphatic heterocycles. The summed E-state index contributed by atoms with van der Waals surface area (Å²) in [6.45, 7) is 3.62. The van der Waals surface area contributed by atoms with E-state index in [4.69, 9.17) is 5.11 Å². The SMILES string of the molecule is Cc1cc[n+](CCCCCCCCCCO)cc1.[Br-]. The number of unbranched alkanes of at least 4 members (excludes halogenated alkanes) is 7. The molecule has 1 aromatic rings. The van der Waals surface area contributed by atoms with Gasteiger partial charge in [-0.25, -0.2) is 4.57 Å². The monoisotopic (exact) mass is 329 g/mol. The predicted molar refractivity (Wildman–Crippen MR) is 75.4 cm³/mol. The molecule has 0 saturated heterocycles. The predicted octanol–water partition coefficient (Wildman–Crippen LogP) is 0.400. The van der Waals surface area contributed by atoms with Crippen molar-refractivity contribution >= 4 is 0 Å². The Morgan fingerprint density at radius 3 is 1.84 bits per heavy atom. The van der Waals surface area contributed by atoms with E-state index in [0.29, 0.717) is 6.61 Å². The van der Waals surface area contributed by atoms with Gasteiger partial charge in [-0.2, -0.15) is 0 Å². The largest absolute Gasteiger partial charge is 1.00 e. The van der Waals surface area contributed by atoms with E-state index in [1.807, 2.05) is 0 Å². The Bertz CT molecular complexity index is 300. The van der Waals surface area contributed by atoms with Crippen molar-refractivity contribution < 1.29 is 26.7 Å². The fraction of sp³-hybridized carbons (Fsp3) is 0.688. The van der Waals surface area contributed by atoms with Crippen LogP contribution in [0.3, 0.4) is 0 Å². The van der Waals surface area contributed by atoms with E-state index < -0.39 is 0 Å². The molecule has 1 heterocycles. The average molecular weight is 330 g/mol. The minimum atomic E-state index is 0. The van der Waals surface area contributed by atoms with Crippen molar-refractivity contribution in [2.24, 2.45) is 0 Å². The lowest BCUT2D eigenvalue weighted by Gasteiger charge is -2.01. The zero-order chi connectivity index (χ0) is 13.1. The summed E-state index contributed by atoms with van der Waals surface area (Å²) in [4.78, 5) is 0. The molecule has 0 bridgehead atoms. The quantitative estimate of drug-likeness (QED) is 0.487. The van der Waals surface area contributed by atoms with Crippen LogP contribution in [-0.2, 0) is 6.54 Å². The third kappa shape index (κ3) is 10.1. The van der Waals surface area contributed by atoms with Gasteiger partial charge in [0.1, 0.15) is 6.54 Å². The molecule has 1 rings (SSSR count). The lowest BCUT2D eigenvalue weighted by Crippen LogP contribution is -3.00. The number of halogens is 1. The van der Waals surface area contributed by atoms with Gasteiger partial charge < -0.3 is 22.1 Å². The first kappa shape index (κ1) is 18.6. The highest BCUT2D eigenvalue weighted by Gasteiger charge is 1.99. The fourth-order valence-corrected chi connectivity index (χ4v) is 2.15. The van der Waals surface area contributed by atoms with E-state index in [0.717, 1.165) is 13.0 Å². The van der Waals surface area contributed by atoms with Gasteiger partial charge in [0.05, 0.1) is 0 Å². The molecule has 0 saturated carbocycles. The van der Waals surface area contributed by atoms with Gasteiger partial charge in [0.15, 0.2) is 12.4 Å². The highest BCUT2D eigenvalue weighted by atomic mass is 79.9. The van der Waals surface area contributed by atoms with Crippen molar-refractivity contribution in [2.75, 3.05) is 6.61 Å². The van der Waals surface area contributed by atoms with Gasteiger partial charge in [-0.05, 0) is 25.3 Å². The highest BCUT2D eigenvalue weighted by molar-refractivity contribution is 5.03. The summed E-state index contributed by atoms with van der Waals surface area (Å²) in [7, 11) is 0. The first-order chi connectivity index (χ1) is 8.83. The minimum Gasteiger partial charge on any atom is -1.00 e. The standard InChI is InChI=1S/C16H28NO.BrH/c1-16-10-13-17(14-11-16)12-8-6-4-2-3-5-7-9-15-18;/h10-11,13-14,18H,2-9,12,15H2,1H3;1H/q+1;/p-1. The van der Waals surface area contributed by atoms with Crippen LogP contribution >= 0.6 is 0 Å². The van der Waals surface area contributed by atoms with Gasteiger partial charge >= 0.3 is 0 Å². The molecule has 0 amide bonds. The molecule has 0 atom stereocenters. The van der Waals surface area contributed by atoms with E-state index in [9.17, 15) is 0 Å². The van der Waals surface area contributed by atoms with E-state index in [1.54, 1.807) is 0 Å². The molecule has 2 nitrogen and oxygen atoms in total. The molecule has 1 aromatic heterocycles. The first-order valence-electron chi connectivity index (χ1n) is 7.39. The summed E-state index contributed by atoms with van der Waals surface area (Å²) < 4.78 is 2.27. The van der Waals surface area contributed by atoms with Crippen molar-refractivity contribution in [3.05, 3.63) is 30.1 Å². The van der Waals surface area contributed by atoms with E-state index in [-0.39, 0.29) is 17.0 Å². The molecule has 0 spiro atoms. The lowest BCUT2D eigenvalue weighted by molar-refractivity contribution is -0.697. The average Bonchev–Trinajstić information content (AvgIpc) is 2.39. The third-order valence-electron chi connectivity index (χ3n) is 3.38. The normalized spacial score (nSPS) is 10.2. The van der Waals surface area contributed by atoms with Crippen LogP contribution in [0.5, 0.6) is 0 Å². The van der Waals surface area contributed by atoms with Crippen molar-refractivity contribution in [1.82, 2.24) is 0 Å². The molecule has 0 aromatic carbocycles. The van der Waals surface area contributed by atoms with E-state index in [1.165, 1.54) is 50.5 Å². The third-order valence-corrected chi connectivity index (χ3v) is 3.38. The van der Waals surface area contributed by atoms with Crippen molar-refractivity contribution in [3.8, 4) is 0 Å². The molecule has 3 heteroatoms. The van der Waals surface area contributed by atoms with Gasteiger partial charge in [0.2, 0.25) is 0 Å². The molecule has 0 radical (unpaired) electrons. The number of pyridine rings is 1. The molecular weight excluding hydrogens is 302 g/mol. The Hall–Kier alpha value is -0.410. The lowest BCUT2D eigenvalue weighted by atomic mass is 10.1. The smallest absolute Gasteiger partial charge is 0.169 e. The van der Waals surface area contributed by atoms with E-state index in [2.05, 4.69) is 36.0 Å². The maximum absolute atomic E-state index is 8.66. The first-order valence-corrected chi connectivity index (χ1v) is 7.39. The maximum Gasteiger partial charge on any atom is 0.169 e. The molecule has 0 fully saturated rings. The number of aliphatic hydroxyl groups is 1. The zero-order valence-electron chi connectivity index (χ0n) is 12.2. The molecule has 0 unspecified atom stereocenters. The molecule has 110 valence electrons. The number of hydrogen-bond donors (Lipinski definition) is 1. The van der Waals surface area contributed by atoms with Crippen LogP contribution in [0.25, 0.3) is 0 Å². The van der Waals surface area contributed by atoms with Crippen molar-refractivity contribution in [3.63, 3.8) is 0 Å². The van der Waals surface area contributed by atoms with Gasteiger partial charge in [-0.3, -0.25) is 0 Å². The second-order valence-corrected chi connectivity index (χ2v) is 5.17. The summed E-state index contributed by atoms with van der Waals surface area (Å²) in [5.74, 6) is 0. The Balaban J connectivity index is 0.00000324. The zero-order valence-corrected chi connectivity index (χ0v) is 13.7. The molecule has 0 aliphatic rings.